The topological polar surface area (TPSA) is 170 Å². The molecule has 0 radical (unpaired) electrons. The van der Waals surface area contributed by atoms with E-state index < -0.39 is 64.7 Å². The van der Waals surface area contributed by atoms with E-state index in [2.05, 4.69) is 0 Å². The first kappa shape index (κ1) is 28.6. The molecule has 4 atom stereocenters. The number of carboxylic acid groups (broad SMARTS) is 2. The van der Waals surface area contributed by atoms with Crippen molar-refractivity contribution in [2.45, 2.75) is 44.9 Å². The third kappa shape index (κ3) is 4.60. The number of nitrogens with zero attached hydrogens (tertiary/aromatic N) is 4. The lowest BCUT2D eigenvalue weighted by Gasteiger charge is -2.46. The number of hydrogen-bond donors (Lipinski definition) is 3. The third-order valence-electron chi connectivity index (χ3n) is 9.02. The number of aromatic carboxylic acids is 1. The summed E-state index contributed by atoms with van der Waals surface area (Å²) in [6, 6.07) is 2.15. The Morgan fingerprint density at radius 3 is 2.33 bits per heavy atom. The number of halogens is 1. The molecule has 2 aromatic rings. The number of aliphatic hydroxyl groups excluding tert-OH is 1. The van der Waals surface area contributed by atoms with E-state index in [1.54, 1.807) is 22.5 Å². The predicted octanol–water partition coefficient (Wildman–Crippen LogP) is 1.63. The van der Waals surface area contributed by atoms with E-state index >= 15 is 4.39 Å². The Bertz CT molecular complexity index is 1660. The van der Waals surface area contributed by atoms with E-state index in [1.807, 2.05) is 0 Å². The van der Waals surface area contributed by atoms with E-state index in [1.165, 1.54) is 18.0 Å². The quantitative estimate of drug-likeness (QED) is 0.398. The molecule has 3 N–H and O–H groups in total. The number of piperazine rings is 1. The molecule has 0 bridgehead atoms. The lowest BCUT2D eigenvalue weighted by molar-refractivity contribution is -0.163. The molecule has 228 valence electrons. The smallest absolute Gasteiger partial charge is 0.410 e. The van der Waals surface area contributed by atoms with Gasteiger partial charge in [0.1, 0.15) is 23.7 Å². The summed E-state index contributed by atoms with van der Waals surface area (Å²) in [6.45, 7) is 3.75. The number of benzene rings is 1. The van der Waals surface area contributed by atoms with Gasteiger partial charge in [-0.3, -0.25) is 9.59 Å². The van der Waals surface area contributed by atoms with Gasteiger partial charge in [0.05, 0.1) is 29.3 Å². The number of hydrogen-bond acceptors (Lipinski definition) is 8. The molecule has 1 saturated carbocycles. The van der Waals surface area contributed by atoms with Crippen LogP contribution in [0.15, 0.2) is 34.4 Å². The Kier molecular flexibility index (Phi) is 6.91. The van der Waals surface area contributed by atoms with Crippen LogP contribution in [-0.2, 0) is 14.3 Å². The molecule has 0 spiro atoms. The molecule has 3 fully saturated rings. The summed E-state index contributed by atoms with van der Waals surface area (Å²) in [7, 11) is 0. The van der Waals surface area contributed by atoms with Crippen LogP contribution in [0, 0.1) is 17.7 Å². The van der Waals surface area contributed by atoms with Crippen LogP contribution in [0.25, 0.3) is 10.9 Å². The number of carboxylic acids is 2. The summed E-state index contributed by atoms with van der Waals surface area (Å²) in [5, 5.41) is 29.2. The summed E-state index contributed by atoms with van der Waals surface area (Å²) < 4.78 is 22.5. The van der Waals surface area contributed by atoms with Gasteiger partial charge in [-0.1, -0.05) is 6.92 Å². The molecule has 6 rings (SSSR count). The number of fused-ring (bicyclic) bond motifs is 2. The molecule has 0 unspecified atom stereocenters. The lowest BCUT2D eigenvalue weighted by atomic mass is 9.78. The van der Waals surface area contributed by atoms with Gasteiger partial charge in [0.15, 0.2) is 0 Å². The molecule has 1 aromatic carbocycles. The maximum Gasteiger partial charge on any atom is 0.410 e. The zero-order valence-electron chi connectivity index (χ0n) is 23.5. The highest BCUT2D eigenvalue weighted by Gasteiger charge is 2.60. The molecule has 2 saturated heterocycles. The molecule has 4 aliphatic rings. The number of pyridine rings is 1. The Morgan fingerprint density at radius 2 is 1.74 bits per heavy atom. The Morgan fingerprint density at radius 1 is 1.07 bits per heavy atom. The van der Waals surface area contributed by atoms with Gasteiger partial charge in [0, 0.05) is 55.3 Å². The average molecular weight is 599 g/mol. The van der Waals surface area contributed by atoms with Crippen LogP contribution < -0.4 is 10.3 Å². The molecular formula is C29H31FN4O9. The normalized spacial score (nSPS) is 24.2. The van der Waals surface area contributed by atoms with Crippen molar-refractivity contribution in [1.29, 1.82) is 0 Å². The van der Waals surface area contributed by atoms with Crippen LogP contribution in [0.4, 0.5) is 14.9 Å². The summed E-state index contributed by atoms with van der Waals surface area (Å²) in [4.78, 5) is 66.1. The van der Waals surface area contributed by atoms with Gasteiger partial charge in [-0.15, -0.1) is 0 Å². The first-order chi connectivity index (χ1) is 20.4. The van der Waals surface area contributed by atoms with E-state index in [0.717, 1.165) is 23.8 Å². The zero-order valence-corrected chi connectivity index (χ0v) is 23.5. The Balaban J connectivity index is 1.15. The van der Waals surface area contributed by atoms with E-state index in [-0.39, 0.29) is 55.6 Å². The first-order valence-electron chi connectivity index (χ1n) is 14.2. The largest absolute Gasteiger partial charge is 0.477 e. The van der Waals surface area contributed by atoms with Crippen molar-refractivity contribution >= 4 is 40.5 Å². The molecule has 43 heavy (non-hydrogen) atoms. The van der Waals surface area contributed by atoms with Gasteiger partial charge in [-0.05, 0) is 31.9 Å². The summed E-state index contributed by atoms with van der Waals surface area (Å²) in [6.07, 6.45) is 1.34. The number of aliphatic hydroxyl groups is 1. The van der Waals surface area contributed by atoms with Gasteiger partial charge in [0.2, 0.25) is 11.3 Å². The lowest BCUT2D eigenvalue weighted by Crippen LogP contribution is -2.63. The third-order valence-corrected chi connectivity index (χ3v) is 9.02. The van der Waals surface area contributed by atoms with Crippen molar-refractivity contribution in [3.05, 3.63) is 51.2 Å². The molecule has 3 aliphatic heterocycles. The van der Waals surface area contributed by atoms with Crippen LogP contribution in [0.3, 0.4) is 0 Å². The van der Waals surface area contributed by atoms with Crippen LogP contribution in [0.2, 0.25) is 0 Å². The number of aromatic nitrogens is 1. The second-order valence-electron chi connectivity index (χ2n) is 11.6. The van der Waals surface area contributed by atoms with Crippen molar-refractivity contribution in [2.24, 2.45) is 11.8 Å². The van der Waals surface area contributed by atoms with Crippen molar-refractivity contribution < 1.29 is 43.6 Å². The van der Waals surface area contributed by atoms with Gasteiger partial charge < -0.3 is 39.3 Å². The number of ether oxygens (including phenoxy) is 1. The Labute approximate surface area is 244 Å². The first-order valence-corrected chi connectivity index (χ1v) is 14.2. The number of β-lactam (4-membered cyclic amide) rings is 1. The highest BCUT2D eigenvalue weighted by Crippen LogP contribution is 2.47. The minimum absolute atomic E-state index is 0.00216. The van der Waals surface area contributed by atoms with Crippen molar-refractivity contribution in [1.82, 2.24) is 14.4 Å². The highest BCUT2D eigenvalue weighted by molar-refractivity contribution is 6.00. The minimum atomic E-state index is -1.37. The standard InChI is InChI=1S/C29H31FN4O9/c1-13-18(24(28(40)41)34-23(13)22(14(2)35)26(34)37)12-43-29(42)32-7-5-31(6-8-32)21-10-20-16(9-19(21)30)25(36)17(27(38)39)11-33(20)15-3-4-15/h9-11,13-15,22-23,35H,3-8,12H2,1-2H3,(H,38,39)(H,40,41)/t13-,14+,22-,23+/m0/s1. The molecule has 1 aromatic heterocycles. The van der Waals surface area contributed by atoms with Crippen molar-refractivity contribution in [3.8, 4) is 0 Å². The zero-order chi connectivity index (χ0) is 30.9. The van der Waals surface area contributed by atoms with Gasteiger partial charge in [0.25, 0.3) is 0 Å². The van der Waals surface area contributed by atoms with Crippen molar-refractivity contribution in [2.75, 3.05) is 37.7 Å². The van der Waals surface area contributed by atoms with Crippen LogP contribution in [-0.4, -0.2) is 98.6 Å². The van der Waals surface area contributed by atoms with Gasteiger partial charge in [-0.25, -0.2) is 18.8 Å². The number of carbonyl (C=O) groups excluding carboxylic acids is 2. The van der Waals surface area contributed by atoms with Crippen LogP contribution in [0.1, 0.15) is 43.1 Å². The minimum Gasteiger partial charge on any atom is -0.477 e. The SMILES string of the molecule is C[C@@H](O)[C@@H]1C(=O)N2C(C(=O)O)=C(COC(=O)N3CCN(c4cc5c(cc4F)c(=O)c(C(=O)O)cn5C4CC4)CC3)[C@H](C)[C@H]12. The number of rotatable bonds is 7. The van der Waals surface area contributed by atoms with Crippen LogP contribution in [0.5, 0.6) is 0 Å². The average Bonchev–Trinajstić information content (AvgIpc) is 3.76. The van der Waals surface area contributed by atoms with Gasteiger partial charge >= 0.3 is 18.0 Å². The van der Waals surface area contributed by atoms with E-state index in [9.17, 15) is 39.3 Å². The second kappa shape index (κ2) is 10.4. The Hall–Kier alpha value is -4.46. The monoisotopic (exact) mass is 598 g/mol. The number of anilines is 1. The maximum absolute atomic E-state index is 15.3. The fraction of sp³-hybridized carbons (Fsp3) is 0.483. The summed E-state index contributed by atoms with van der Waals surface area (Å²) >= 11 is 0. The van der Waals surface area contributed by atoms with Crippen molar-refractivity contribution in [3.63, 3.8) is 0 Å². The fourth-order valence-electron chi connectivity index (χ4n) is 6.60. The fourth-order valence-corrected chi connectivity index (χ4v) is 6.60. The molecule has 1 aliphatic carbocycles. The number of aliphatic carboxylic acids is 1. The predicted molar refractivity (Wildman–Crippen MR) is 148 cm³/mol. The second-order valence-corrected chi connectivity index (χ2v) is 11.6. The molecular weight excluding hydrogens is 567 g/mol. The highest BCUT2D eigenvalue weighted by atomic mass is 19.1. The van der Waals surface area contributed by atoms with E-state index in [0.29, 0.717) is 11.1 Å². The summed E-state index contributed by atoms with van der Waals surface area (Å²) in [5.74, 6) is -4.98. The van der Waals surface area contributed by atoms with Crippen LogP contribution >= 0.6 is 0 Å². The van der Waals surface area contributed by atoms with E-state index in [4.69, 9.17) is 4.74 Å². The summed E-state index contributed by atoms with van der Waals surface area (Å²) in [5.41, 5.74) is -0.391. The van der Waals surface area contributed by atoms with Gasteiger partial charge in [-0.2, -0.15) is 0 Å². The number of carbonyl (C=O) groups is 4. The molecule has 14 heteroatoms. The molecule has 13 nitrogen and oxygen atoms in total. The number of amides is 2. The maximum atomic E-state index is 15.3. The molecule has 2 amide bonds. The molecule has 4 heterocycles.